The zero-order chi connectivity index (χ0) is 11.3. The molecule has 4 heteroatoms. The van der Waals surface area contributed by atoms with Crippen molar-refractivity contribution in [2.24, 2.45) is 0 Å². The summed E-state index contributed by atoms with van der Waals surface area (Å²) in [6.45, 7) is 2.01. The standard InChI is InChI=1S/C11H15FN2O/c1-2-3-4-11(15)14-10-6-8(12)5-9(13)7-10/h5-7H,2-4,13H2,1H3,(H,14,15). The quantitative estimate of drug-likeness (QED) is 0.750. The molecular weight excluding hydrogens is 195 g/mol. The molecule has 3 N–H and O–H groups in total. The molecule has 0 radical (unpaired) electrons. The van der Waals surface area contributed by atoms with Gasteiger partial charge in [0.1, 0.15) is 5.82 Å². The van der Waals surface area contributed by atoms with Gasteiger partial charge in [0, 0.05) is 17.8 Å². The summed E-state index contributed by atoms with van der Waals surface area (Å²) in [6.07, 6.45) is 2.24. The van der Waals surface area contributed by atoms with Gasteiger partial charge in [0.2, 0.25) is 5.91 Å². The summed E-state index contributed by atoms with van der Waals surface area (Å²) >= 11 is 0. The Morgan fingerprint density at radius 2 is 2.20 bits per heavy atom. The van der Waals surface area contributed by atoms with E-state index in [9.17, 15) is 9.18 Å². The molecule has 1 aromatic rings. The van der Waals surface area contributed by atoms with Crippen molar-refractivity contribution in [1.29, 1.82) is 0 Å². The number of carbonyl (C=O) groups is 1. The lowest BCUT2D eigenvalue weighted by Gasteiger charge is -2.05. The number of hydrogen-bond acceptors (Lipinski definition) is 2. The van der Waals surface area contributed by atoms with Crippen LogP contribution in [0.15, 0.2) is 18.2 Å². The summed E-state index contributed by atoms with van der Waals surface area (Å²) in [6, 6.07) is 3.99. The minimum Gasteiger partial charge on any atom is -0.399 e. The Balaban J connectivity index is 2.60. The van der Waals surface area contributed by atoms with Crippen LogP contribution in [0.5, 0.6) is 0 Å². The summed E-state index contributed by atoms with van der Waals surface area (Å²) in [5.41, 5.74) is 6.16. The fourth-order valence-corrected chi connectivity index (χ4v) is 1.25. The minimum absolute atomic E-state index is 0.109. The Hall–Kier alpha value is -1.58. The molecule has 0 heterocycles. The minimum atomic E-state index is -0.444. The van der Waals surface area contributed by atoms with Gasteiger partial charge in [-0.05, 0) is 24.6 Å². The number of unbranched alkanes of at least 4 members (excludes halogenated alkanes) is 1. The van der Waals surface area contributed by atoms with Crippen molar-refractivity contribution in [2.45, 2.75) is 26.2 Å². The third-order valence-electron chi connectivity index (χ3n) is 1.96. The van der Waals surface area contributed by atoms with Crippen LogP contribution >= 0.6 is 0 Å². The number of carbonyl (C=O) groups excluding carboxylic acids is 1. The second-order valence-electron chi connectivity index (χ2n) is 3.42. The molecule has 3 nitrogen and oxygen atoms in total. The molecule has 1 rings (SSSR count). The van der Waals surface area contributed by atoms with Crippen LogP contribution in [0.4, 0.5) is 15.8 Å². The molecule has 0 aromatic heterocycles. The highest BCUT2D eigenvalue weighted by atomic mass is 19.1. The summed E-state index contributed by atoms with van der Waals surface area (Å²) in [5.74, 6) is -0.553. The summed E-state index contributed by atoms with van der Waals surface area (Å²) in [4.78, 5) is 11.3. The molecule has 0 unspecified atom stereocenters. The first-order valence-electron chi connectivity index (χ1n) is 4.97. The van der Waals surface area contributed by atoms with Gasteiger partial charge in [0.15, 0.2) is 0 Å². The van der Waals surface area contributed by atoms with Gasteiger partial charge in [-0.15, -0.1) is 0 Å². The van der Waals surface area contributed by atoms with Gasteiger partial charge in [-0.1, -0.05) is 13.3 Å². The van der Waals surface area contributed by atoms with E-state index in [0.29, 0.717) is 17.8 Å². The molecular formula is C11H15FN2O. The van der Waals surface area contributed by atoms with Crippen molar-refractivity contribution in [3.8, 4) is 0 Å². The van der Waals surface area contributed by atoms with Crippen molar-refractivity contribution in [1.82, 2.24) is 0 Å². The fourth-order valence-electron chi connectivity index (χ4n) is 1.25. The third kappa shape index (κ3) is 3.97. The third-order valence-corrected chi connectivity index (χ3v) is 1.96. The molecule has 1 aromatic carbocycles. The van der Waals surface area contributed by atoms with E-state index in [-0.39, 0.29) is 5.91 Å². The Bertz CT molecular complexity index is 332. The smallest absolute Gasteiger partial charge is 0.224 e. The number of anilines is 2. The van der Waals surface area contributed by atoms with Crippen LogP contribution in [0.1, 0.15) is 26.2 Å². The highest BCUT2D eigenvalue weighted by Crippen LogP contribution is 2.15. The fraction of sp³-hybridized carbons (Fsp3) is 0.364. The summed E-state index contributed by atoms with van der Waals surface area (Å²) in [5, 5.41) is 2.60. The van der Waals surface area contributed by atoms with Crippen molar-refractivity contribution in [3.05, 3.63) is 24.0 Å². The number of halogens is 1. The number of nitrogen functional groups attached to an aromatic ring is 1. The number of nitrogens with one attached hydrogen (secondary N) is 1. The van der Waals surface area contributed by atoms with Crippen LogP contribution in [-0.4, -0.2) is 5.91 Å². The molecule has 1 amide bonds. The Labute approximate surface area is 88.5 Å². The van der Waals surface area contributed by atoms with E-state index in [0.717, 1.165) is 12.8 Å². The molecule has 0 bridgehead atoms. The molecule has 0 aliphatic carbocycles. The molecule has 15 heavy (non-hydrogen) atoms. The van der Waals surface area contributed by atoms with Crippen LogP contribution < -0.4 is 11.1 Å². The number of hydrogen-bond donors (Lipinski definition) is 2. The van der Waals surface area contributed by atoms with Crippen molar-refractivity contribution >= 4 is 17.3 Å². The number of rotatable bonds is 4. The second-order valence-corrected chi connectivity index (χ2v) is 3.42. The summed E-state index contributed by atoms with van der Waals surface area (Å²) < 4.78 is 12.9. The molecule has 82 valence electrons. The predicted molar refractivity (Wildman–Crippen MR) is 59.0 cm³/mol. The molecule has 0 saturated carbocycles. The Morgan fingerprint density at radius 3 is 2.80 bits per heavy atom. The highest BCUT2D eigenvalue weighted by Gasteiger charge is 2.03. The van der Waals surface area contributed by atoms with Gasteiger partial charge in [-0.3, -0.25) is 4.79 Å². The van der Waals surface area contributed by atoms with Gasteiger partial charge in [-0.2, -0.15) is 0 Å². The maximum Gasteiger partial charge on any atom is 0.224 e. The van der Waals surface area contributed by atoms with Gasteiger partial charge in [0.25, 0.3) is 0 Å². The van der Waals surface area contributed by atoms with E-state index < -0.39 is 5.82 Å². The SMILES string of the molecule is CCCCC(=O)Nc1cc(N)cc(F)c1. The Kier molecular flexibility index (Phi) is 4.09. The predicted octanol–water partition coefficient (Wildman–Crippen LogP) is 2.54. The van der Waals surface area contributed by atoms with E-state index in [2.05, 4.69) is 5.32 Å². The molecule has 0 fully saturated rings. The van der Waals surface area contributed by atoms with Gasteiger partial charge >= 0.3 is 0 Å². The number of nitrogens with two attached hydrogens (primary N) is 1. The topological polar surface area (TPSA) is 55.1 Å². The Morgan fingerprint density at radius 1 is 1.47 bits per heavy atom. The van der Waals surface area contributed by atoms with E-state index in [1.165, 1.54) is 18.2 Å². The zero-order valence-electron chi connectivity index (χ0n) is 8.72. The van der Waals surface area contributed by atoms with Gasteiger partial charge < -0.3 is 11.1 Å². The second kappa shape index (κ2) is 5.34. The molecule has 0 saturated heterocycles. The van der Waals surface area contributed by atoms with Crippen LogP contribution in [0, 0.1) is 5.82 Å². The van der Waals surface area contributed by atoms with E-state index >= 15 is 0 Å². The number of benzene rings is 1. The first kappa shape index (κ1) is 11.5. The van der Waals surface area contributed by atoms with Crippen LogP contribution in [0.3, 0.4) is 0 Å². The van der Waals surface area contributed by atoms with Crippen molar-refractivity contribution in [2.75, 3.05) is 11.1 Å². The van der Waals surface area contributed by atoms with Crippen LogP contribution in [-0.2, 0) is 4.79 Å². The maximum atomic E-state index is 12.9. The largest absolute Gasteiger partial charge is 0.399 e. The zero-order valence-corrected chi connectivity index (χ0v) is 8.72. The lowest BCUT2D eigenvalue weighted by Crippen LogP contribution is -2.11. The molecule has 0 atom stereocenters. The first-order valence-corrected chi connectivity index (χ1v) is 4.97. The van der Waals surface area contributed by atoms with E-state index in [1.807, 2.05) is 6.92 Å². The first-order chi connectivity index (χ1) is 7.11. The van der Waals surface area contributed by atoms with Gasteiger partial charge in [-0.25, -0.2) is 4.39 Å². The van der Waals surface area contributed by atoms with Crippen LogP contribution in [0.2, 0.25) is 0 Å². The van der Waals surface area contributed by atoms with Crippen molar-refractivity contribution < 1.29 is 9.18 Å². The van der Waals surface area contributed by atoms with E-state index in [4.69, 9.17) is 5.73 Å². The van der Waals surface area contributed by atoms with E-state index in [1.54, 1.807) is 0 Å². The molecule has 0 spiro atoms. The van der Waals surface area contributed by atoms with Crippen molar-refractivity contribution in [3.63, 3.8) is 0 Å². The molecule has 0 aliphatic rings. The average molecular weight is 210 g/mol. The summed E-state index contributed by atoms with van der Waals surface area (Å²) in [7, 11) is 0. The maximum absolute atomic E-state index is 12.9. The lowest BCUT2D eigenvalue weighted by molar-refractivity contribution is -0.116. The number of amides is 1. The van der Waals surface area contributed by atoms with Crippen LogP contribution in [0.25, 0.3) is 0 Å². The molecule has 0 aliphatic heterocycles. The lowest BCUT2D eigenvalue weighted by atomic mass is 10.2. The monoisotopic (exact) mass is 210 g/mol. The average Bonchev–Trinajstić information content (AvgIpc) is 2.13. The normalized spacial score (nSPS) is 10.0. The highest BCUT2D eigenvalue weighted by molar-refractivity contribution is 5.91. The van der Waals surface area contributed by atoms with Gasteiger partial charge in [0.05, 0.1) is 0 Å².